The second kappa shape index (κ2) is 7.57. The number of carbonyl (C=O) groups is 4. The predicted molar refractivity (Wildman–Crippen MR) is 103 cm³/mol. The first-order valence-corrected chi connectivity index (χ1v) is 9.65. The van der Waals surface area contributed by atoms with Gasteiger partial charge in [-0.25, -0.2) is 14.4 Å². The summed E-state index contributed by atoms with van der Waals surface area (Å²) in [6.45, 7) is 1.76. The van der Waals surface area contributed by atoms with E-state index < -0.39 is 41.3 Å². The average Bonchev–Trinajstić information content (AvgIpc) is 3.17. The van der Waals surface area contributed by atoms with Crippen LogP contribution in [0.2, 0.25) is 0 Å². The van der Waals surface area contributed by atoms with Crippen LogP contribution in [0.3, 0.4) is 0 Å². The van der Waals surface area contributed by atoms with Crippen LogP contribution in [0.5, 0.6) is 5.75 Å². The number of ketones is 1. The Hall–Kier alpha value is -3.62. The topological polar surface area (TPSA) is 114 Å². The molecule has 1 aromatic carbocycles. The van der Waals surface area contributed by atoms with Gasteiger partial charge in [0.25, 0.3) is 0 Å². The lowest BCUT2D eigenvalue weighted by atomic mass is 9.65. The van der Waals surface area contributed by atoms with E-state index in [1.165, 1.54) is 6.08 Å². The summed E-state index contributed by atoms with van der Waals surface area (Å²) in [6.07, 6.45) is -0.878. The quantitative estimate of drug-likeness (QED) is 0.520. The van der Waals surface area contributed by atoms with Gasteiger partial charge < -0.3 is 23.7 Å². The maximum absolute atomic E-state index is 13.7. The minimum atomic E-state index is -1.49. The fourth-order valence-electron chi connectivity index (χ4n) is 4.34. The molecule has 162 valence electrons. The Labute approximate surface area is 177 Å². The van der Waals surface area contributed by atoms with Crippen LogP contribution in [-0.4, -0.2) is 56.7 Å². The second-order valence-electron chi connectivity index (χ2n) is 7.17. The number of benzene rings is 1. The molecule has 1 aliphatic carbocycles. The molecule has 4 rings (SSSR count). The SMILES string of the molecule is CCOC(=O)C1=CC[C@]23C(=O)c4ccccc4O[C@H]2C(C(=O)OC)=C(C(=O)OC)O[C@H]13. The van der Waals surface area contributed by atoms with Crippen molar-refractivity contribution in [2.75, 3.05) is 20.8 Å². The third-order valence-electron chi connectivity index (χ3n) is 5.71. The third kappa shape index (κ3) is 2.83. The molecule has 2 aliphatic heterocycles. The van der Waals surface area contributed by atoms with Crippen molar-refractivity contribution in [2.45, 2.75) is 25.6 Å². The molecule has 1 aromatic rings. The van der Waals surface area contributed by atoms with Crippen LogP contribution in [0.4, 0.5) is 0 Å². The van der Waals surface area contributed by atoms with Gasteiger partial charge in [0.1, 0.15) is 22.8 Å². The van der Waals surface area contributed by atoms with E-state index in [4.69, 9.17) is 23.7 Å². The van der Waals surface area contributed by atoms with Crippen molar-refractivity contribution in [3.8, 4) is 5.75 Å². The fourth-order valence-corrected chi connectivity index (χ4v) is 4.34. The molecule has 9 heteroatoms. The lowest BCUT2D eigenvalue weighted by Gasteiger charge is -2.47. The highest BCUT2D eigenvalue weighted by molar-refractivity contribution is 6.10. The van der Waals surface area contributed by atoms with E-state index in [9.17, 15) is 19.2 Å². The number of fused-ring (bicyclic) bond motifs is 1. The Balaban J connectivity index is 1.96. The first kappa shape index (κ1) is 20.6. The first-order valence-electron chi connectivity index (χ1n) is 9.65. The monoisotopic (exact) mass is 428 g/mol. The molecule has 0 amide bonds. The zero-order valence-corrected chi connectivity index (χ0v) is 17.1. The molecular formula is C22H20O9. The Morgan fingerprint density at radius 3 is 2.42 bits per heavy atom. The number of rotatable bonds is 4. The van der Waals surface area contributed by atoms with E-state index in [0.717, 1.165) is 14.2 Å². The fraction of sp³-hybridized carbons (Fsp3) is 0.364. The predicted octanol–water partition coefficient (Wildman–Crippen LogP) is 1.51. The molecule has 0 saturated carbocycles. The van der Waals surface area contributed by atoms with E-state index >= 15 is 0 Å². The molecule has 0 unspecified atom stereocenters. The number of carbonyl (C=O) groups excluding carboxylic acids is 4. The molecule has 0 bridgehead atoms. The molecule has 3 atom stereocenters. The molecule has 0 fully saturated rings. The van der Waals surface area contributed by atoms with Gasteiger partial charge in [-0.1, -0.05) is 18.2 Å². The van der Waals surface area contributed by atoms with Crippen molar-refractivity contribution in [2.24, 2.45) is 5.41 Å². The molecule has 2 heterocycles. The molecule has 0 N–H and O–H groups in total. The van der Waals surface area contributed by atoms with E-state index in [-0.39, 0.29) is 41.3 Å². The Kier molecular flexibility index (Phi) is 5.04. The molecule has 0 saturated heterocycles. The van der Waals surface area contributed by atoms with Gasteiger partial charge in [0.2, 0.25) is 5.76 Å². The number of esters is 3. The zero-order valence-electron chi connectivity index (χ0n) is 17.1. The van der Waals surface area contributed by atoms with Crippen LogP contribution in [0.1, 0.15) is 23.7 Å². The molecule has 9 nitrogen and oxygen atoms in total. The highest BCUT2D eigenvalue weighted by Gasteiger charge is 2.67. The van der Waals surface area contributed by atoms with Gasteiger partial charge in [-0.2, -0.15) is 0 Å². The molecular weight excluding hydrogens is 408 g/mol. The van der Waals surface area contributed by atoms with Crippen molar-refractivity contribution in [3.05, 3.63) is 52.8 Å². The van der Waals surface area contributed by atoms with Gasteiger partial charge in [0.05, 0.1) is 32.0 Å². The minimum absolute atomic E-state index is 0.0403. The van der Waals surface area contributed by atoms with Gasteiger partial charge in [0, 0.05) is 0 Å². The van der Waals surface area contributed by atoms with Crippen LogP contribution in [0, 0.1) is 5.41 Å². The summed E-state index contributed by atoms with van der Waals surface area (Å²) in [5, 5.41) is 0. The van der Waals surface area contributed by atoms with Gasteiger partial charge >= 0.3 is 17.9 Å². The van der Waals surface area contributed by atoms with Gasteiger partial charge in [0.15, 0.2) is 11.9 Å². The minimum Gasteiger partial charge on any atom is -0.483 e. The van der Waals surface area contributed by atoms with Crippen LogP contribution in [0.25, 0.3) is 0 Å². The highest BCUT2D eigenvalue weighted by Crippen LogP contribution is 2.55. The van der Waals surface area contributed by atoms with Crippen molar-refractivity contribution in [3.63, 3.8) is 0 Å². The molecule has 31 heavy (non-hydrogen) atoms. The van der Waals surface area contributed by atoms with Crippen molar-refractivity contribution in [1.29, 1.82) is 0 Å². The van der Waals surface area contributed by atoms with Crippen molar-refractivity contribution < 1.29 is 42.9 Å². The largest absolute Gasteiger partial charge is 0.483 e. The molecule has 1 spiro atoms. The highest BCUT2D eigenvalue weighted by atomic mass is 16.6. The normalized spacial score (nSPS) is 25.8. The average molecular weight is 428 g/mol. The van der Waals surface area contributed by atoms with Crippen LogP contribution in [0.15, 0.2) is 47.2 Å². The van der Waals surface area contributed by atoms with Gasteiger partial charge in [-0.3, -0.25) is 4.79 Å². The summed E-state index contributed by atoms with van der Waals surface area (Å²) >= 11 is 0. The van der Waals surface area contributed by atoms with E-state index in [2.05, 4.69) is 0 Å². The number of hydrogen-bond donors (Lipinski definition) is 0. The summed E-state index contributed by atoms with van der Waals surface area (Å²) in [6, 6.07) is 6.55. The number of Topliss-reactive ketones (excluding diaryl/α,β-unsaturated/α-hetero) is 1. The zero-order chi connectivity index (χ0) is 22.3. The lowest BCUT2D eigenvalue weighted by Crippen LogP contribution is -2.60. The maximum Gasteiger partial charge on any atom is 0.374 e. The first-order chi connectivity index (χ1) is 14.9. The van der Waals surface area contributed by atoms with Crippen LogP contribution in [-0.2, 0) is 33.3 Å². The van der Waals surface area contributed by atoms with Crippen LogP contribution >= 0.6 is 0 Å². The number of allylic oxidation sites excluding steroid dienone is 1. The summed E-state index contributed by atoms with van der Waals surface area (Å²) in [5.74, 6) is -3.13. The van der Waals surface area contributed by atoms with E-state index in [0.29, 0.717) is 0 Å². The summed E-state index contributed by atoms with van der Waals surface area (Å²) in [4.78, 5) is 51.5. The molecule has 0 aromatic heterocycles. The van der Waals surface area contributed by atoms with E-state index in [1.807, 2.05) is 0 Å². The molecule has 3 aliphatic rings. The summed E-state index contributed by atoms with van der Waals surface area (Å²) in [7, 11) is 2.26. The maximum atomic E-state index is 13.7. The Morgan fingerprint density at radius 2 is 1.74 bits per heavy atom. The number of para-hydroxylation sites is 1. The smallest absolute Gasteiger partial charge is 0.374 e. The van der Waals surface area contributed by atoms with Crippen molar-refractivity contribution in [1.82, 2.24) is 0 Å². The lowest BCUT2D eigenvalue weighted by molar-refractivity contribution is -0.152. The van der Waals surface area contributed by atoms with Crippen molar-refractivity contribution >= 4 is 23.7 Å². The van der Waals surface area contributed by atoms with Gasteiger partial charge in [-0.15, -0.1) is 0 Å². The number of hydrogen-bond acceptors (Lipinski definition) is 9. The summed E-state index contributed by atoms with van der Waals surface area (Å²) < 4.78 is 26.7. The molecule has 0 radical (unpaired) electrons. The second-order valence-corrected chi connectivity index (χ2v) is 7.17. The van der Waals surface area contributed by atoms with Crippen LogP contribution < -0.4 is 4.74 Å². The number of ether oxygens (including phenoxy) is 5. The van der Waals surface area contributed by atoms with E-state index in [1.54, 1.807) is 31.2 Å². The Bertz CT molecular complexity index is 1050. The summed E-state index contributed by atoms with van der Waals surface area (Å²) in [5.41, 5.74) is -1.39. The number of methoxy groups -OCH3 is 2. The third-order valence-corrected chi connectivity index (χ3v) is 5.71. The van der Waals surface area contributed by atoms with Gasteiger partial charge in [-0.05, 0) is 25.5 Å². The Morgan fingerprint density at radius 1 is 1.03 bits per heavy atom. The standard InChI is InChI=1S/C22H20O9/c1-4-29-19(24)12-9-10-22-16(23)11-7-5-6-8-13(11)30-18(22)14(20(25)27-2)15(21(26)28-3)31-17(12)22/h5-9,17-18H,4,10H2,1-3H3/t17-,18+,22-/m1/s1.